The van der Waals surface area contributed by atoms with E-state index >= 15 is 0 Å². The van der Waals surface area contributed by atoms with E-state index in [0.29, 0.717) is 24.1 Å². The Morgan fingerprint density at radius 2 is 1.97 bits per heavy atom. The number of aryl methyl sites for hydroxylation is 1. The largest absolute Gasteiger partial charge is 0.444 e. The number of hydrogen-bond acceptors (Lipinski definition) is 6. The summed E-state index contributed by atoms with van der Waals surface area (Å²) in [7, 11) is -0.547. The minimum Gasteiger partial charge on any atom is -0.444 e. The molecule has 0 unspecified atom stereocenters. The number of carbonyl (C=O) groups excluding carboxylic acids is 2. The number of ether oxygens (including phenoxy) is 1. The standard InChI is InChI=1S/C22H29ClFN5O5S/c1-22(2,3)34-21(31)29(5)15-6-13(7-15)11-35(32,33)27-26-20(30)16-8-14(9-17(23)19(16)24)18-10-28(4)12-25-18/h8-10,12-13,15,27H,6-7,11H2,1-5H3,(H,26,30). The predicted molar refractivity (Wildman–Crippen MR) is 129 cm³/mol. The highest BCUT2D eigenvalue weighted by molar-refractivity contribution is 7.89. The van der Waals surface area contributed by atoms with Gasteiger partial charge in [-0.2, -0.15) is 0 Å². The van der Waals surface area contributed by atoms with Crippen molar-refractivity contribution in [3.05, 3.63) is 41.1 Å². The second-order valence-electron chi connectivity index (χ2n) is 9.66. The van der Waals surface area contributed by atoms with Gasteiger partial charge in [0.25, 0.3) is 5.91 Å². The Morgan fingerprint density at radius 1 is 1.31 bits per heavy atom. The Hall–Kier alpha value is -2.70. The van der Waals surface area contributed by atoms with E-state index in [9.17, 15) is 22.4 Å². The summed E-state index contributed by atoms with van der Waals surface area (Å²) in [5.41, 5.74) is 1.86. The summed E-state index contributed by atoms with van der Waals surface area (Å²) in [6.07, 6.45) is 3.68. The number of halogens is 2. The van der Waals surface area contributed by atoms with Crippen LogP contribution in [0.25, 0.3) is 11.3 Å². The second-order valence-corrected chi connectivity index (χ2v) is 11.8. The molecule has 0 atom stereocenters. The van der Waals surface area contributed by atoms with Crippen LogP contribution in [0.3, 0.4) is 0 Å². The van der Waals surface area contributed by atoms with E-state index in [1.807, 2.05) is 10.3 Å². The number of nitrogens with zero attached hydrogens (tertiary/aromatic N) is 3. The zero-order valence-electron chi connectivity index (χ0n) is 20.1. The summed E-state index contributed by atoms with van der Waals surface area (Å²) < 4.78 is 46.4. The maximum atomic E-state index is 14.5. The number of rotatable bonds is 7. The summed E-state index contributed by atoms with van der Waals surface area (Å²) in [5, 5.41) is -0.296. The molecule has 1 saturated carbocycles. The molecule has 0 saturated heterocycles. The Bertz CT molecular complexity index is 1220. The average molecular weight is 530 g/mol. The van der Waals surface area contributed by atoms with E-state index in [1.54, 1.807) is 45.6 Å². The van der Waals surface area contributed by atoms with E-state index in [-0.39, 0.29) is 22.7 Å². The van der Waals surface area contributed by atoms with Gasteiger partial charge in [0.05, 0.1) is 28.4 Å². The van der Waals surface area contributed by atoms with Crippen molar-refractivity contribution >= 4 is 33.6 Å². The minimum absolute atomic E-state index is 0.134. The molecule has 0 radical (unpaired) electrons. The van der Waals surface area contributed by atoms with Crippen molar-refractivity contribution in [1.29, 1.82) is 0 Å². The molecule has 1 aromatic heterocycles. The fraction of sp³-hybridized carbons (Fsp3) is 0.500. The third kappa shape index (κ3) is 6.92. The van der Waals surface area contributed by atoms with E-state index in [1.165, 1.54) is 23.4 Å². The fourth-order valence-corrected chi connectivity index (χ4v) is 5.09. The molecule has 1 heterocycles. The Labute approximate surface area is 208 Å². The summed E-state index contributed by atoms with van der Waals surface area (Å²) in [5.74, 6) is -2.45. The first-order chi connectivity index (χ1) is 16.1. The van der Waals surface area contributed by atoms with Crippen LogP contribution in [0, 0.1) is 11.7 Å². The van der Waals surface area contributed by atoms with E-state index in [2.05, 4.69) is 4.98 Å². The molecule has 2 amide bonds. The smallest absolute Gasteiger partial charge is 0.410 e. The zero-order chi connectivity index (χ0) is 26.1. The Balaban J connectivity index is 1.56. The van der Waals surface area contributed by atoms with Crippen molar-refractivity contribution in [3.63, 3.8) is 0 Å². The van der Waals surface area contributed by atoms with Crippen LogP contribution in [0.2, 0.25) is 5.02 Å². The number of nitrogens with one attached hydrogen (secondary N) is 2. The number of benzene rings is 1. The van der Waals surface area contributed by atoms with Crippen LogP contribution in [0.1, 0.15) is 44.0 Å². The monoisotopic (exact) mass is 529 g/mol. The lowest BCUT2D eigenvalue weighted by atomic mass is 9.81. The van der Waals surface area contributed by atoms with Gasteiger partial charge in [-0.15, -0.1) is 4.83 Å². The minimum atomic E-state index is -3.91. The Kier molecular flexibility index (Phi) is 7.77. The molecule has 13 heteroatoms. The molecule has 1 aliphatic carbocycles. The zero-order valence-corrected chi connectivity index (χ0v) is 21.7. The maximum Gasteiger partial charge on any atom is 0.410 e. The highest BCUT2D eigenvalue weighted by Crippen LogP contribution is 2.33. The molecule has 10 nitrogen and oxygen atoms in total. The van der Waals surface area contributed by atoms with Gasteiger partial charge in [0.1, 0.15) is 5.60 Å². The summed E-state index contributed by atoms with van der Waals surface area (Å²) in [4.78, 5) is 32.3. The van der Waals surface area contributed by atoms with Gasteiger partial charge in [0, 0.05) is 31.9 Å². The number of aromatic nitrogens is 2. The van der Waals surface area contributed by atoms with Gasteiger partial charge >= 0.3 is 6.09 Å². The van der Waals surface area contributed by atoms with Crippen molar-refractivity contribution in [3.8, 4) is 11.3 Å². The molecule has 2 aromatic rings. The highest BCUT2D eigenvalue weighted by Gasteiger charge is 2.38. The molecule has 35 heavy (non-hydrogen) atoms. The molecule has 192 valence electrons. The predicted octanol–water partition coefficient (Wildman–Crippen LogP) is 3.09. The summed E-state index contributed by atoms with van der Waals surface area (Å²) >= 11 is 5.94. The quantitative estimate of drug-likeness (QED) is 0.531. The lowest BCUT2D eigenvalue weighted by Gasteiger charge is -2.41. The van der Waals surface area contributed by atoms with Crippen LogP contribution in [0.5, 0.6) is 0 Å². The van der Waals surface area contributed by atoms with E-state index in [4.69, 9.17) is 16.3 Å². The van der Waals surface area contributed by atoms with Crippen LogP contribution in [0.15, 0.2) is 24.7 Å². The normalized spacial score (nSPS) is 18.0. The van der Waals surface area contributed by atoms with Crippen LogP contribution < -0.4 is 10.3 Å². The first-order valence-electron chi connectivity index (χ1n) is 10.9. The van der Waals surface area contributed by atoms with Crippen molar-refractivity contribution in [2.45, 2.75) is 45.3 Å². The van der Waals surface area contributed by atoms with Crippen LogP contribution in [-0.4, -0.2) is 59.3 Å². The first kappa shape index (κ1) is 26.9. The number of hydrazine groups is 1. The third-order valence-corrected chi connectivity index (χ3v) is 7.09. The molecule has 0 bridgehead atoms. The third-order valence-electron chi connectivity index (χ3n) is 5.49. The molecule has 0 aliphatic heterocycles. The molecule has 2 N–H and O–H groups in total. The van der Waals surface area contributed by atoms with E-state index < -0.39 is 39.0 Å². The van der Waals surface area contributed by atoms with Crippen molar-refractivity contribution in [2.75, 3.05) is 12.8 Å². The lowest BCUT2D eigenvalue weighted by molar-refractivity contribution is 0.00836. The van der Waals surface area contributed by atoms with Crippen LogP contribution >= 0.6 is 11.6 Å². The molecule has 1 fully saturated rings. The van der Waals surface area contributed by atoms with Crippen molar-refractivity contribution < 1.29 is 27.1 Å². The van der Waals surface area contributed by atoms with Gasteiger partial charge in [-0.25, -0.2) is 22.6 Å². The van der Waals surface area contributed by atoms with Crippen molar-refractivity contribution in [1.82, 2.24) is 24.7 Å². The fourth-order valence-electron chi connectivity index (χ4n) is 3.64. The van der Waals surface area contributed by atoms with Gasteiger partial charge in [0.15, 0.2) is 5.82 Å². The SMILES string of the molecule is CN(C(=O)OC(C)(C)C)C1CC(CS(=O)(=O)NNC(=O)c2cc(-c3cn(C)cn3)cc(Cl)c2F)C1. The lowest BCUT2D eigenvalue weighted by Crippen LogP contribution is -2.50. The highest BCUT2D eigenvalue weighted by atomic mass is 35.5. The first-order valence-corrected chi connectivity index (χ1v) is 12.9. The summed E-state index contributed by atoms with van der Waals surface area (Å²) in [6, 6.07) is 2.45. The van der Waals surface area contributed by atoms with Crippen molar-refractivity contribution in [2.24, 2.45) is 13.0 Å². The molecule has 1 aromatic carbocycles. The molecule has 1 aliphatic rings. The number of amides is 2. The number of hydrogen-bond donors (Lipinski definition) is 2. The van der Waals surface area contributed by atoms with Gasteiger partial charge in [-0.05, 0) is 51.7 Å². The van der Waals surface area contributed by atoms with Gasteiger partial charge in [-0.3, -0.25) is 10.2 Å². The number of imidazole rings is 1. The molecular weight excluding hydrogens is 501 g/mol. The summed E-state index contributed by atoms with van der Waals surface area (Å²) in [6.45, 7) is 5.30. The Morgan fingerprint density at radius 3 is 2.54 bits per heavy atom. The van der Waals surface area contributed by atoms with Gasteiger partial charge in [-0.1, -0.05) is 11.6 Å². The average Bonchev–Trinajstić information content (AvgIpc) is 3.15. The molecular formula is C22H29ClFN5O5S. The molecule has 3 rings (SSSR count). The topological polar surface area (TPSA) is 123 Å². The second kappa shape index (κ2) is 10.1. The van der Waals surface area contributed by atoms with Gasteiger partial charge in [0.2, 0.25) is 10.0 Å². The van der Waals surface area contributed by atoms with Crippen LogP contribution in [0.4, 0.5) is 9.18 Å². The number of carbonyl (C=O) groups is 2. The van der Waals surface area contributed by atoms with E-state index in [0.717, 1.165) is 0 Å². The maximum absolute atomic E-state index is 14.5. The van der Waals surface area contributed by atoms with Gasteiger partial charge < -0.3 is 14.2 Å². The number of sulfonamides is 1. The molecule has 0 spiro atoms. The van der Waals surface area contributed by atoms with Crippen LogP contribution in [-0.2, 0) is 21.8 Å².